The Morgan fingerprint density at radius 1 is 1.03 bits per heavy atom. The molecule has 1 aliphatic carbocycles. The topological polar surface area (TPSA) is 110 Å². The van der Waals surface area contributed by atoms with E-state index in [9.17, 15) is 4.79 Å². The van der Waals surface area contributed by atoms with Crippen LogP contribution in [0.5, 0.6) is 5.75 Å². The van der Waals surface area contributed by atoms with Crippen LogP contribution in [0.25, 0.3) is 11.0 Å². The summed E-state index contributed by atoms with van der Waals surface area (Å²) >= 11 is 0. The minimum atomic E-state index is -0.119. The van der Waals surface area contributed by atoms with Gasteiger partial charge in [0.1, 0.15) is 17.0 Å². The van der Waals surface area contributed by atoms with Crippen LogP contribution in [0.4, 0.5) is 11.4 Å². The molecule has 2 aliphatic rings. The van der Waals surface area contributed by atoms with Crippen LogP contribution in [-0.2, 0) is 0 Å². The molecule has 1 amide bonds. The summed E-state index contributed by atoms with van der Waals surface area (Å²) in [7, 11) is 2.14. The zero-order chi connectivity index (χ0) is 23.5. The van der Waals surface area contributed by atoms with Crippen molar-refractivity contribution in [1.82, 2.24) is 25.2 Å². The quantitative estimate of drug-likeness (QED) is 0.558. The second-order valence-corrected chi connectivity index (χ2v) is 9.20. The van der Waals surface area contributed by atoms with E-state index in [-0.39, 0.29) is 18.1 Å². The molecule has 0 spiro atoms. The van der Waals surface area contributed by atoms with Crippen LogP contribution in [-0.4, -0.2) is 71.1 Å². The average molecular weight is 462 g/mol. The smallest absolute Gasteiger partial charge is 0.270 e. The van der Waals surface area contributed by atoms with Gasteiger partial charge < -0.3 is 25.6 Å². The number of piperazine rings is 1. The van der Waals surface area contributed by atoms with Gasteiger partial charge in [-0.25, -0.2) is 9.97 Å². The van der Waals surface area contributed by atoms with E-state index in [4.69, 9.17) is 10.5 Å². The number of hydrogen-bond donors (Lipinski definition) is 2. The lowest BCUT2D eigenvalue weighted by Gasteiger charge is -2.33. The van der Waals surface area contributed by atoms with Crippen LogP contribution in [0, 0.1) is 0 Å². The van der Waals surface area contributed by atoms with Gasteiger partial charge in [0.2, 0.25) is 0 Å². The molecule has 3 heterocycles. The number of carbonyl (C=O) groups excluding carboxylic acids is 1. The summed E-state index contributed by atoms with van der Waals surface area (Å²) in [5.41, 5.74) is 9.60. The number of nitrogens with one attached hydrogen (secondary N) is 1. The number of nitrogens with zero attached hydrogens (tertiary/aromatic N) is 5. The summed E-state index contributed by atoms with van der Waals surface area (Å²) in [4.78, 5) is 30.5. The fourth-order valence-corrected chi connectivity index (χ4v) is 4.69. The van der Waals surface area contributed by atoms with Crippen molar-refractivity contribution in [3.63, 3.8) is 0 Å². The molecule has 9 heteroatoms. The third kappa shape index (κ3) is 5.04. The van der Waals surface area contributed by atoms with Gasteiger partial charge in [-0.05, 0) is 50.9 Å². The lowest BCUT2D eigenvalue weighted by Crippen LogP contribution is -2.44. The number of carbonyl (C=O) groups is 1. The molecule has 5 rings (SSSR count). The minimum Gasteiger partial charge on any atom is -0.488 e. The Kier molecular flexibility index (Phi) is 6.44. The van der Waals surface area contributed by atoms with Crippen molar-refractivity contribution in [1.29, 1.82) is 0 Å². The number of amides is 1. The third-order valence-electron chi connectivity index (χ3n) is 6.71. The van der Waals surface area contributed by atoms with Crippen molar-refractivity contribution in [2.45, 2.75) is 37.8 Å². The molecule has 9 nitrogen and oxygen atoms in total. The first-order valence-corrected chi connectivity index (χ1v) is 11.9. The van der Waals surface area contributed by atoms with E-state index in [1.807, 2.05) is 24.4 Å². The zero-order valence-corrected chi connectivity index (χ0v) is 19.5. The normalized spacial score (nSPS) is 21.4. The van der Waals surface area contributed by atoms with E-state index in [1.54, 1.807) is 18.5 Å². The summed E-state index contributed by atoms with van der Waals surface area (Å²) in [6, 6.07) is 7.54. The van der Waals surface area contributed by atoms with Crippen LogP contribution in [0.2, 0.25) is 0 Å². The fraction of sp³-hybridized carbons (Fsp3) is 0.440. The van der Waals surface area contributed by atoms with Gasteiger partial charge in [-0.2, -0.15) is 0 Å². The van der Waals surface area contributed by atoms with Gasteiger partial charge in [0, 0.05) is 56.4 Å². The predicted molar refractivity (Wildman–Crippen MR) is 132 cm³/mol. The number of hydrogen-bond acceptors (Lipinski definition) is 8. The molecule has 1 aliphatic heterocycles. The summed E-state index contributed by atoms with van der Waals surface area (Å²) < 4.78 is 6.25. The molecule has 34 heavy (non-hydrogen) atoms. The molecule has 3 N–H and O–H groups in total. The minimum absolute atomic E-state index is 0.0566. The van der Waals surface area contributed by atoms with Gasteiger partial charge in [0.25, 0.3) is 5.91 Å². The second-order valence-electron chi connectivity index (χ2n) is 9.20. The molecule has 0 radical (unpaired) electrons. The van der Waals surface area contributed by atoms with E-state index in [0.29, 0.717) is 17.1 Å². The Morgan fingerprint density at radius 2 is 1.79 bits per heavy atom. The van der Waals surface area contributed by atoms with Crippen molar-refractivity contribution < 1.29 is 9.53 Å². The highest BCUT2D eigenvalue weighted by atomic mass is 16.5. The highest BCUT2D eigenvalue weighted by molar-refractivity contribution is 5.92. The molecule has 1 aromatic carbocycles. The number of likely N-dealkylation sites (N-methyl/N-ethyl adjacent to an activating group) is 1. The highest BCUT2D eigenvalue weighted by Gasteiger charge is 2.25. The molecule has 0 unspecified atom stereocenters. The van der Waals surface area contributed by atoms with Gasteiger partial charge in [0.05, 0.1) is 23.5 Å². The van der Waals surface area contributed by atoms with Crippen LogP contribution in [0.3, 0.4) is 0 Å². The van der Waals surface area contributed by atoms with Gasteiger partial charge in [-0.3, -0.25) is 9.78 Å². The summed E-state index contributed by atoms with van der Waals surface area (Å²) in [6.45, 7) is 4.03. The van der Waals surface area contributed by atoms with Crippen molar-refractivity contribution in [2.75, 3.05) is 43.9 Å². The number of nitrogens with two attached hydrogens (primary N) is 1. The average Bonchev–Trinajstić information content (AvgIpc) is 2.86. The molecule has 0 atom stereocenters. The third-order valence-corrected chi connectivity index (χ3v) is 6.71. The lowest BCUT2D eigenvalue weighted by molar-refractivity contribution is 0.0890. The summed E-state index contributed by atoms with van der Waals surface area (Å²) in [5.74, 6) is 0.548. The number of rotatable bonds is 5. The van der Waals surface area contributed by atoms with Crippen LogP contribution >= 0.6 is 0 Å². The Labute approximate surface area is 199 Å². The number of benzene rings is 1. The summed E-state index contributed by atoms with van der Waals surface area (Å²) in [5, 5.41) is 3.14. The van der Waals surface area contributed by atoms with Crippen molar-refractivity contribution in [3.8, 4) is 5.75 Å². The van der Waals surface area contributed by atoms with Crippen molar-refractivity contribution >= 4 is 28.3 Å². The van der Waals surface area contributed by atoms with Crippen LogP contribution < -0.4 is 20.7 Å². The monoisotopic (exact) mass is 461 g/mol. The first-order chi connectivity index (χ1) is 16.5. The SMILES string of the molecule is CN1CCN(c2ccc(C(=O)NC3CCC(Oc4cc(N)cc5nccnc45)CC3)nc2)CC1. The maximum Gasteiger partial charge on any atom is 0.270 e. The van der Waals surface area contributed by atoms with E-state index in [0.717, 1.165) is 68.6 Å². The maximum atomic E-state index is 12.7. The molecule has 0 bridgehead atoms. The van der Waals surface area contributed by atoms with E-state index in [2.05, 4.69) is 37.1 Å². The second kappa shape index (κ2) is 9.80. The van der Waals surface area contributed by atoms with Gasteiger partial charge in [-0.1, -0.05) is 0 Å². The first-order valence-electron chi connectivity index (χ1n) is 11.9. The fourth-order valence-electron chi connectivity index (χ4n) is 4.69. The Balaban J connectivity index is 1.13. The molecule has 1 saturated heterocycles. The number of pyridine rings is 1. The Bertz CT molecular complexity index is 1140. The van der Waals surface area contributed by atoms with Crippen LogP contribution in [0.15, 0.2) is 42.9 Å². The van der Waals surface area contributed by atoms with E-state index >= 15 is 0 Å². The van der Waals surface area contributed by atoms with Crippen LogP contribution in [0.1, 0.15) is 36.2 Å². The summed E-state index contributed by atoms with van der Waals surface area (Å²) in [6.07, 6.45) is 8.56. The number of aromatic nitrogens is 3. The number of fused-ring (bicyclic) bond motifs is 1. The largest absolute Gasteiger partial charge is 0.488 e. The standard InChI is InChI=1S/C25H31N7O2/c1-31-10-12-32(13-11-31)19-4-7-21(29-16-19)25(33)30-18-2-5-20(6-3-18)34-23-15-17(26)14-22-24(23)28-9-8-27-22/h4,7-9,14-16,18,20H,2-3,5-6,10-13,26H2,1H3,(H,30,33). The first kappa shape index (κ1) is 22.3. The number of nitrogen functional groups attached to an aromatic ring is 1. The van der Waals surface area contributed by atoms with E-state index in [1.165, 1.54) is 0 Å². The molecule has 3 aromatic rings. The Hall–Kier alpha value is -3.46. The highest BCUT2D eigenvalue weighted by Crippen LogP contribution is 2.30. The molecule has 178 valence electrons. The van der Waals surface area contributed by atoms with Gasteiger partial charge in [0.15, 0.2) is 0 Å². The molecular formula is C25H31N7O2. The number of anilines is 2. The van der Waals surface area contributed by atoms with Crippen molar-refractivity contribution in [3.05, 3.63) is 48.5 Å². The molecule has 2 fully saturated rings. The zero-order valence-electron chi connectivity index (χ0n) is 19.5. The van der Waals surface area contributed by atoms with Gasteiger partial charge >= 0.3 is 0 Å². The lowest BCUT2D eigenvalue weighted by atomic mass is 9.92. The van der Waals surface area contributed by atoms with E-state index < -0.39 is 0 Å². The molecule has 1 saturated carbocycles. The maximum absolute atomic E-state index is 12.7. The molecule has 2 aromatic heterocycles. The number of ether oxygens (including phenoxy) is 1. The predicted octanol–water partition coefficient (Wildman–Crippen LogP) is 2.48. The van der Waals surface area contributed by atoms with Gasteiger partial charge in [-0.15, -0.1) is 0 Å². The van der Waals surface area contributed by atoms with Crippen molar-refractivity contribution in [2.24, 2.45) is 0 Å². The Morgan fingerprint density at radius 3 is 2.53 bits per heavy atom. The molecular weight excluding hydrogens is 430 g/mol.